The van der Waals surface area contributed by atoms with Gasteiger partial charge in [0, 0.05) is 27.8 Å². The first-order valence-electron chi connectivity index (χ1n) is 7.29. The van der Waals surface area contributed by atoms with Crippen LogP contribution in [0, 0.1) is 0 Å². The van der Waals surface area contributed by atoms with Gasteiger partial charge < -0.3 is 10.6 Å². The number of carbonyl (C=O) groups excluding carboxylic acids is 2. The number of fused-ring (bicyclic) bond motifs is 1. The van der Waals surface area contributed by atoms with E-state index >= 15 is 0 Å². The fourth-order valence-electron chi connectivity index (χ4n) is 2.31. The lowest BCUT2D eigenvalue weighted by atomic mass is 10.2. The summed E-state index contributed by atoms with van der Waals surface area (Å²) in [5.41, 5.74) is 0.706. The zero-order chi connectivity index (χ0) is 17.1. The van der Waals surface area contributed by atoms with Crippen molar-refractivity contribution < 1.29 is 9.59 Å². The monoisotopic (exact) mass is 444 g/mol. The molecule has 0 saturated carbocycles. The number of rotatable bonds is 5. The zero-order valence-corrected chi connectivity index (χ0v) is 16.4. The third kappa shape index (κ3) is 4.53. The number of nitrogens with one attached hydrogen (secondary N) is 2. The zero-order valence-electron chi connectivity index (χ0n) is 12.5. The quantitative estimate of drug-likeness (QED) is 0.720. The van der Waals surface area contributed by atoms with Crippen molar-refractivity contribution in [2.45, 2.75) is 23.0 Å². The molecule has 0 radical (unpaired) electrons. The summed E-state index contributed by atoms with van der Waals surface area (Å²) in [5.74, 6) is -0.275. The van der Waals surface area contributed by atoms with Crippen molar-refractivity contribution in [3.05, 3.63) is 44.0 Å². The van der Waals surface area contributed by atoms with E-state index in [2.05, 4.69) is 26.6 Å². The molecule has 1 aromatic carbocycles. The summed E-state index contributed by atoms with van der Waals surface area (Å²) >= 11 is 12.4. The summed E-state index contributed by atoms with van der Waals surface area (Å²) in [6, 6.07) is 9.39. The van der Waals surface area contributed by atoms with Gasteiger partial charge in [-0.1, -0.05) is 11.6 Å². The summed E-state index contributed by atoms with van der Waals surface area (Å²) in [6.45, 7) is 0.566. The molecule has 1 aliphatic rings. The smallest absolute Gasteiger partial charge is 0.238 e. The molecule has 2 N–H and O–H groups in total. The first-order chi connectivity index (χ1) is 11.5. The second-order valence-electron chi connectivity index (χ2n) is 5.25. The van der Waals surface area contributed by atoms with E-state index in [9.17, 15) is 9.59 Å². The number of carbonyl (C=O) groups is 2. The molecule has 4 nitrogen and oxygen atoms in total. The average Bonchev–Trinajstić information content (AvgIpc) is 2.94. The van der Waals surface area contributed by atoms with Crippen LogP contribution in [0.5, 0.6) is 0 Å². The molecular formula is C16H14BrClN2O2S2. The van der Waals surface area contributed by atoms with Crippen molar-refractivity contribution >= 4 is 68.1 Å². The lowest BCUT2D eigenvalue weighted by Gasteiger charge is -2.23. The number of hydrogen-bond donors (Lipinski definition) is 2. The minimum Gasteiger partial charge on any atom is -0.356 e. The van der Waals surface area contributed by atoms with Gasteiger partial charge in [0.2, 0.25) is 11.8 Å². The van der Waals surface area contributed by atoms with Crippen LogP contribution in [0.3, 0.4) is 0 Å². The van der Waals surface area contributed by atoms with E-state index < -0.39 is 5.25 Å². The maximum Gasteiger partial charge on any atom is 0.238 e. The first kappa shape index (κ1) is 17.8. The van der Waals surface area contributed by atoms with Crippen molar-refractivity contribution in [3.8, 4) is 0 Å². The Morgan fingerprint density at radius 3 is 2.92 bits per heavy atom. The Bertz CT molecular complexity index is 781. The highest BCUT2D eigenvalue weighted by Gasteiger charge is 2.29. The van der Waals surface area contributed by atoms with Crippen LogP contribution in [-0.2, 0) is 16.0 Å². The van der Waals surface area contributed by atoms with Crippen molar-refractivity contribution in [2.75, 3.05) is 11.9 Å². The molecule has 1 aromatic heterocycles. The standard InChI is InChI=1S/C16H14BrClN2O2S2/c17-14-4-2-10(23-14)5-6-19-15(21)8-13-16(22)20-11-7-9(18)1-3-12(11)24-13/h1-4,7,13H,5-6,8H2,(H,19,21)(H,20,22). The molecule has 0 spiro atoms. The summed E-state index contributed by atoms with van der Waals surface area (Å²) in [5, 5.41) is 5.85. The molecule has 0 aliphatic carbocycles. The minimum atomic E-state index is -0.422. The van der Waals surface area contributed by atoms with Crippen molar-refractivity contribution in [3.63, 3.8) is 0 Å². The van der Waals surface area contributed by atoms with E-state index in [0.717, 1.165) is 15.1 Å². The molecule has 2 amide bonds. The predicted molar refractivity (Wildman–Crippen MR) is 103 cm³/mol. The lowest BCUT2D eigenvalue weighted by Crippen LogP contribution is -2.35. The first-order valence-corrected chi connectivity index (χ1v) is 10.2. The van der Waals surface area contributed by atoms with Crippen LogP contribution in [0.4, 0.5) is 5.69 Å². The number of hydrogen-bond acceptors (Lipinski definition) is 4. The van der Waals surface area contributed by atoms with Crippen LogP contribution in [0.2, 0.25) is 5.02 Å². The van der Waals surface area contributed by atoms with E-state index in [0.29, 0.717) is 17.3 Å². The Labute approximate surface area is 161 Å². The van der Waals surface area contributed by atoms with E-state index in [4.69, 9.17) is 11.6 Å². The van der Waals surface area contributed by atoms with Crippen LogP contribution in [0.1, 0.15) is 11.3 Å². The molecule has 2 aromatic rings. The minimum absolute atomic E-state index is 0.115. The Kier molecular flexibility index (Phi) is 5.86. The summed E-state index contributed by atoms with van der Waals surface area (Å²) in [4.78, 5) is 26.4. The molecule has 8 heteroatoms. The number of amides is 2. The fraction of sp³-hybridized carbons (Fsp3) is 0.250. The number of halogens is 2. The van der Waals surface area contributed by atoms with E-state index in [1.807, 2.05) is 18.2 Å². The van der Waals surface area contributed by atoms with Crippen LogP contribution >= 0.6 is 50.6 Å². The Morgan fingerprint density at radius 2 is 2.17 bits per heavy atom. The molecule has 1 aliphatic heterocycles. The third-order valence-electron chi connectivity index (χ3n) is 3.45. The molecule has 0 saturated heterocycles. The lowest BCUT2D eigenvalue weighted by molar-refractivity contribution is -0.124. The topological polar surface area (TPSA) is 58.2 Å². The van der Waals surface area contributed by atoms with Gasteiger partial charge in [-0.15, -0.1) is 23.1 Å². The van der Waals surface area contributed by atoms with E-state index in [1.54, 1.807) is 23.5 Å². The van der Waals surface area contributed by atoms with Crippen LogP contribution in [-0.4, -0.2) is 23.6 Å². The Hall–Kier alpha value is -1.02. The maximum absolute atomic E-state index is 12.1. The fourth-order valence-corrected chi connectivity index (χ4v) is 5.05. The highest BCUT2D eigenvalue weighted by molar-refractivity contribution is 9.11. The largest absolute Gasteiger partial charge is 0.356 e. The van der Waals surface area contributed by atoms with Gasteiger partial charge in [0.25, 0.3) is 0 Å². The Balaban J connectivity index is 1.51. The van der Waals surface area contributed by atoms with Gasteiger partial charge in [-0.05, 0) is 52.7 Å². The van der Waals surface area contributed by atoms with Gasteiger partial charge in [-0.25, -0.2) is 0 Å². The maximum atomic E-state index is 12.1. The second-order valence-corrected chi connectivity index (χ2v) is 9.47. The number of benzene rings is 1. The molecule has 1 atom stereocenters. The molecular weight excluding hydrogens is 432 g/mol. The SMILES string of the molecule is O=C(CC1Sc2ccc(Cl)cc2NC1=O)NCCc1ccc(Br)s1. The van der Waals surface area contributed by atoms with E-state index in [1.165, 1.54) is 16.6 Å². The number of anilines is 1. The molecule has 24 heavy (non-hydrogen) atoms. The number of thiophene rings is 1. The summed E-state index contributed by atoms with van der Waals surface area (Å²) in [7, 11) is 0. The number of thioether (sulfide) groups is 1. The van der Waals surface area contributed by atoms with Gasteiger partial charge >= 0.3 is 0 Å². The van der Waals surface area contributed by atoms with Gasteiger partial charge in [0.05, 0.1) is 14.7 Å². The molecule has 2 heterocycles. The highest BCUT2D eigenvalue weighted by Crippen LogP contribution is 2.38. The van der Waals surface area contributed by atoms with Crippen molar-refractivity contribution in [1.29, 1.82) is 0 Å². The third-order valence-corrected chi connectivity index (χ3v) is 6.65. The highest BCUT2D eigenvalue weighted by atomic mass is 79.9. The normalized spacial score (nSPS) is 16.4. The van der Waals surface area contributed by atoms with Crippen LogP contribution in [0.15, 0.2) is 39.0 Å². The van der Waals surface area contributed by atoms with Gasteiger partial charge in [0.15, 0.2) is 0 Å². The molecule has 1 unspecified atom stereocenters. The predicted octanol–water partition coefficient (Wildman–Crippen LogP) is 4.33. The van der Waals surface area contributed by atoms with E-state index in [-0.39, 0.29) is 18.2 Å². The molecule has 3 rings (SSSR count). The molecule has 0 fully saturated rings. The average molecular weight is 446 g/mol. The van der Waals surface area contributed by atoms with Crippen LogP contribution in [0.25, 0.3) is 0 Å². The van der Waals surface area contributed by atoms with Gasteiger partial charge in [-0.3, -0.25) is 9.59 Å². The van der Waals surface area contributed by atoms with Crippen molar-refractivity contribution in [1.82, 2.24) is 5.32 Å². The Morgan fingerprint density at radius 1 is 1.33 bits per heavy atom. The summed E-state index contributed by atoms with van der Waals surface area (Å²) in [6.07, 6.45) is 0.944. The van der Waals surface area contributed by atoms with Crippen molar-refractivity contribution in [2.24, 2.45) is 0 Å². The van der Waals surface area contributed by atoms with Gasteiger partial charge in [0.1, 0.15) is 0 Å². The van der Waals surface area contributed by atoms with Gasteiger partial charge in [-0.2, -0.15) is 0 Å². The second kappa shape index (κ2) is 7.91. The van der Waals surface area contributed by atoms with Crippen LogP contribution < -0.4 is 10.6 Å². The summed E-state index contributed by atoms with van der Waals surface area (Å²) < 4.78 is 1.08. The molecule has 0 bridgehead atoms. The molecule has 126 valence electrons.